The highest BCUT2D eigenvalue weighted by atomic mass is 15.3. The Balaban J connectivity index is 3.78. The third-order valence-electron chi connectivity index (χ3n) is 1.64. The summed E-state index contributed by atoms with van der Waals surface area (Å²) in [6.45, 7) is 11.9. The lowest BCUT2D eigenvalue weighted by Crippen LogP contribution is -2.41. The summed E-state index contributed by atoms with van der Waals surface area (Å²) >= 11 is 0. The molecule has 64 valence electrons. The van der Waals surface area contributed by atoms with E-state index in [1.165, 1.54) is 5.57 Å². The number of hydrogen-bond donors (Lipinski definition) is 0. The van der Waals surface area contributed by atoms with Crippen LogP contribution in [0.4, 0.5) is 0 Å². The molecule has 0 aliphatic rings. The van der Waals surface area contributed by atoms with Gasteiger partial charge in [0.25, 0.3) is 0 Å². The van der Waals surface area contributed by atoms with Crippen molar-refractivity contribution >= 4 is 0 Å². The van der Waals surface area contributed by atoms with Crippen LogP contribution in [-0.2, 0) is 0 Å². The van der Waals surface area contributed by atoms with Crippen molar-refractivity contribution in [3.8, 4) is 0 Å². The summed E-state index contributed by atoms with van der Waals surface area (Å²) in [5, 5.41) is 0. The Bertz CT molecular complexity index is 145. The highest BCUT2D eigenvalue weighted by Gasteiger charge is 2.12. The summed E-state index contributed by atoms with van der Waals surface area (Å²) in [5.41, 5.74) is 1.25. The molecule has 0 radical (unpaired) electrons. The number of nitrogens with zero attached hydrogens (tertiary/aromatic N) is 1. The van der Waals surface area contributed by atoms with E-state index in [0.29, 0.717) is 0 Å². The first-order valence-corrected chi connectivity index (χ1v) is 4.05. The van der Waals surface area contributed by atoms with Gasteiger partial charge in [-0.3, -0.25) is 0 Å². The second kappa shape index (κ2) is 4.35. The molecular weight excluding hydrogens is 134 g/mol. The molecule has 0 aromatic rings. The van der Waals surface area contributed by atoms with Crippen molar-refractivity contribution in [3.63, 3.8) is 0 Å². The fourth-order valence-electron chi connectivity index (χ4n) is 1.25. The molecule has 1 nitrogen and oxygen atoms in total. The van der Waals surface area contributed by atoms with Gasteiger partial charge < -0.3 is 4.48 Å². The van der Waals surface area contributed by atoms with E-state index in [-0.39, 0.29) is 0 Å². The summed E-state index contributed by atoms with van der Waals surface area (Å²) in [5.74, 6) is 0. The Morgan fingerprint density at radius 2 is 2.00 bits per heavy atom. The summed E-state index contributed by atoms with van der Waals surface area (Å²) in [6, 6.07) is 0. The Hall–Kier alpha value is -0.560. The standard InChI is InChI=1S/C10H20N/c1-6-7-8-11(4,5)9-10(2)3/h6H,1-2,7-9H2,3-5H3/q+1. The average Bonchev–Trinajstić information content (AvgIpc) is 1.81. The number of quaternary nitrogens is 1. The topological polar surface area (TPSA) is 0 Å². The minimum absolute atomic E-state index is 1.02. The van der Waals surface area contributed by atoms with Crippen LogP contribution in [0.3, 0.4) is 0 Å². The third-order valence-corrected chi connectivity index (χ3v) is 1.64. The van der Waals surface area contributed by atoms with Crippen LogP contribution in [0.5, 0.6) is 0 Å². The molecule has 0 aromatic carbocycles. The molecule has 0 aromatic heterocycles. The number of likely N-dealkylation sites (N-methyl/N-ethyl adjacent to an activating group) is 1. The van der Waals surface area contributed by atoms with Gasteiger partial charge in [-0.05, 0) is 12.5 Å². The van der Waals surface area contributed by atoms with E-state index in [1.807, 2.05) is 6.08 Å². The van der Waals surface area contributed by atoms with Crippen LogP contribution < -0.4 is 0 Å². The van der Waals surface area contributed by atoms with Crippen molar-refractivity contribution in [1.29, 1.82) is 0 Å². The minimum Gasteiger partial charge on any atom is -0.325 e. The van der Waals surface area contributed by atoms with Crippen LogP contribution in [-0.4, -0.2) is 31.7 Å². The van der Waals surface area contributed by atoms with Gasteiger partial charge in [0.2, 0.25) is 0 Å². The van der Waals surface area contributed by atoms with Crippen molar-refractivity contribution in [1.82, 2.24) is 0 Å². The van der Waals surface area contributed by atoms with E-state index in [0.717, 1.165) is 24.0 Å². The number of rotatable bonds is 5. The lowest BCUT2D eigenvalue weighted by molar-refractivity contribution is -0.885. The van der Waals surface area contributed by atoms with E-state index >= 15 is 0 Å². The van der Waals surface area contributed by atoms with Gasteiger partial charge in [-0.1, -0.05) is 12.7 Å². The zero-order chi connectivity index (χ0) is 8.91. The van der Waals surface area contributed by atoms with Crippen molar-refractivity contribution < 1.29 is 4.48 Å². The highest BCUT2D eigenvalue weighted by molar-refractivity contribution is 4.87. The molecule has 0 bridgehead atoms. The van der Waals surface area contributed by atoms with Crippen LogP contribution in [0, 0.1) is 0 Å². The predicted molar refractivity (Wildman–Crippen MR) is 51.5 cm³/mol. The molecule has 0 aliphatic heterocycles. The zero-order valence-corrected chi connectivity index (χ0v) is 8.06. The van der Waals surface area contributed by atoms with E-state index in [4.69, 9.17) is 0 Å². The molecule has 0 saturated heterocycles. The predicted octanol–water partition coefficient (Wildman–Crippen LogP) is 2.21. The lowest BCUT2D eigenvalue weighted by atomic mass is 10.2. The first-order chi connectivity index (χ1) is 4.98. The normalized spacial score (nSPS) is 11.2. The maximum absolute atomic E-state index is 3.91. The molecular formula is C10H20N+. The van der Waals surface area contributed by atoms with Crippen LogP contribution in [0.25, 0.3) is 0 Å². The van der Waals surface area contributed by atoms with Gasteiger partial charge in [-0.2, -0.15) is 0 Å². The minimum atomic E-state index is 1.02. The summed E-state index contributed by atoms with van der Waals surface area (Å²) in [7, 11) is 4.44. The molecule has 0 rings (SSSR count). The molecule has 0 atom stereocenters. The second-order valence-electron chi connectivity index (χ2n) is 3.85. The SMILES string of the molecule is C=CCC[N+](C)(C)CC(=C)C. The molecule has 0 saturated carbocycles. The van der Waals surface area contributed by atoms with Crippen LogP contribution >= 0.6 is 0 Å². The van der Waals surface area contributed by atoms with E-state index in [9.17, 15) is 0 Å². The first kappa shape index (κ1) is 10.4. The van der Waals surface area contributed by atoms with Crippen LogP contribution in [0.2, 0.25) is 0 Å². The van der Waals surface area contributed by atoms with E-state index in [1.54, 1.807) is 0 Å². The summed E-state index contributed by atoms with van der Waals surface area (Å²) in [4.78, 5) is 0. The van der Waals surface area contributed by atoms with Crippen molar-refractivity contribution in [2.24, 2.45) is 0 Å². The molecule has 0 N–H and O–H groups in total. The largest absolute Gasteiger partial charge is 0.325 e. The van der Waals surface area contributed by atoms with E-state index in [2.05, 4.69) is 34.2 Å². The van der Waals surface area contributed by atoms with Gasteiger partial charge in [-0.25, -0.2) is 0 Å². The van der Waals surface area contributed by atoms with Gasteiger partial charge in [0.15, 0.2) is 0 Å². The van der Waals surface area contributed by atoms with Crippen LogP contribution in [0.15, 0.2) is 24.8 Å². The van der Waals surface area contributed by atoms with Gasteiger partial charge >= 0.3 is 0 Å². The van der Waals surface area contributed by atoms with E-state index < -0.39 is 0 Å². The van der Waals surface area contributed by atoms with Gasteiger partial charge in [0.1, 0.15) is 0 Å². The second-order valence-corrected chi connectivity index (χ2v) is 3.85. The maximum Gasteiger partial charge on any atom is 0.0993 e. The quantitative estimate of drug-likeness (QED) is 0.421. The molecule has 0 unspecified atom stereocenters. The molecule has 0 amide bonds. The van der Waals surface area contributed by atoms with Crippen molar-refractivity contribution in [3.05, 3.63) is 24.8 Å². The van der Waals surface area contributed by atoms with Crippen molar-refractivity contribution in [2.45, 2.75) is 13.3 Å². The van der Waals surface area contributed by atoms with Gasteiger partial charge in [0, 0.05) is 6.42 Å². The molecule has 0 aliphatic carbocycles. The monoisotopic (exact) mass is 154 g/mol. The van der Waals surface area contributed by atoms with Crippen molar-refractivity contribution in [2.75, 3.05) is 27.2 Å². The number of hydrogen-bond acceptors (Lipinski definition) is 0. The van der Waals surface area contributed by atoms with Crippen LogP contribution in [0.1, 0.15) is 13.3 Å². The smallest absolute Gasteiger partial charge is 0.0993 e. The van der Waals surface area contributed by atoms with Gasteiger partial charge in [-0.15, -0.1) is 6.58 Å². The van der Waals surface area contributed by atoms with Gasteiger partial charge in [0.05, 0.1) is 27.2 Å². The Labute approximate surface area is 70.6 Å². The molecule has 0 heterocycles. The Kier molecular flexibility index (Phi) is 4.12. The molecule has 11 heavy (non-hydrogen) atoms. The molecule has 0 fully saturated rings. The fourth-order valence-corrected chi connectivity index (χ4v) is 1.25. The first-order valence-electron chi connectivity index (χ1n) is 4.05. The Morgan fingerprint density at radius 1 is 1.45 bits per heavy atom. The highest BCUT2D eigenvalue weighted by Crippen LogP contribution is 2.03. The summed E-state index contributed by atoms with van der Waals surface area (Å²) < 4.78 is 1.02. The third kappa shape index (κ3) is 5.86. The lowest BCUT2D eigenvalue weighted by Gasteiger charge is -2.29. The fraction of sp³-hybridized carbons (Fsp3) is 0.600. The Morgan fingerprint density at radius 3 is 2.36 bits per heavy atom. The zero-order valence-electron chi connectivity index (χ0n) is 8.06. The average molecular weight is 154 g/mol. The maximum atomic E-state index is 3.91. The summed E-state index contributed by atoms with van der Waals surface area (Å²) in [6.07, 6.45) is 3.05. The molecule has 1 heteroatoms. The molecule has 0 spiro atoms.